The maximum absolute atomic E-state index is 5.67. The van der Waals surface area contributed by atoms with E-state index >= 15 is 0 Å². The molecule has 0 saturated heterocycles. The number of halogens is 1. The summed E-state index contributed by atoms with van der Waals surface area (Å²) in [4.78, 5) is 4.20. The summed E-state index contributed by atoms with van der Waals surface area (Å²) in [6.07, 6.45) is 4.18. The van der Waals surface area contributed by atoms with Gasteiger partial charge in [-0.05, 0) is 46.8 Å². The van der Waals surface area contributed by atoms with Gasteiger partial charge in [-0.2, -0.15) is 0 Å². The van der Waals surface area contributed by atoms with Crippen LogP contribution < -0.4 is 4.74 Å². The van der Waals surface area contributed by atoms with Crippen molar-refractivity contribution in [2.45, 2.75) is 33.6 Å². The molecule has 0 saturated carbocycles. The van der Waals surface area contributed by atoms with Crippen LogP contribution in [0.1, 0.15) is 32.3 Å². The Balaban J connectivity index is 2.54. The summed E-state index contributed by atoms with van der Waals surface area (Å²) in [5.74, 6) is 1.29. The Morgan fingerprint density at radius 3 is 2.93 bits per heavy atom. The molecule has 1 aromatic rings. The van der Waals surface area contributed by atoms with Crippen LogP contribution in [-0.4, -0.2) is 11.6 Å². The van der Waals surface area contributed by atoms with Crippen LogP contribution in [0.25, 0.3) is 0 Å². The molecule has 1 aromatic heterocycles. The summed E-state index contributed by atoms with van der Waals surface area (Å²) in [7, 11) is 0. The Kier molecular flexibility index (Phi) is 5.09. The second-order valence-corrected chi connectivity index (χ2v) is 4.74. The average Bonchev–Trinajstić information content (AvgIpc) is 2.21. The molecule has 0 aliphatic rings. The maximum atomic E-state index is 5.67. The van der Waals surface area contributed by atoms with E-state index in [-0.39, 0.29) is 0 Å². The van der Waals surface area contributed by atoms with Gasteiger partial charge in [0.05, 0.1) is 11.1 Å². The highest BCUT2D eigenvalue weighted by atomic mass is 79.9. The molecule has 0 fully saturated rings. The lowest BCUT2D eigenvalue weighted by atomic mass is 10.1. The van der Waals surface area contributed by atoms with Gasteiger partial charge in [-0.15, -0.1) is 0 Å². The first-order valence-electron chi connectivity index (χ1n) is 5.39. The third kappa shape index (κ3) is 3.82. The van der Waals surface area contributed by atoms with E-state index in [0.717, 1.165) is 16.6 Å². The fourth-order valence-electron chi connectivity index (χ4n) is 1.41. The number of nitrogens with zero attached hydrogens (tertiary/aromatic N) is 1. The van der Waals surface area contributed by atoms with Crippen molar-refractivity contribution in [2.24, 2.45) is 5.92 Å². The minimum Gasteiger partial charge on any atom is -0.477 e. The molecule has 0 bridgehead atoms. The molecule has 0 N–H and O–H groups in total. The summed E-state index contributed by atoms with van der Waals surface area (Å²) < 4.78 is 6.64. The van der Waals surface area contributed by atoms with Crippen LogP contribution in [0.5, 0.6) is 5.88 Å². The third-order valence-corrected chi connectivity index (χ3v) is 3.30. The minimum absolute atomic E-state index is 0.587. The molecule has 0 spiro atoms. The largest absolute Gasteiger partial charge is 0.477 e. The third-order valence-electron chi connectivity index (χ3n) is 2.34. The Morgan fingerprint density at radius 1 is 1.53 bits per heavy atom. The van der Waals surface area contributed by atoms with Crippen LogP contribution >= 0.6 is 15.9 Å². The zero-order valence-electron chi connectivity index (χ0n) is 9.59. The summed E-state index contributed by atoms with van der Waals surface area (Å²) in [5, 5.41) is 0. The molecule has 0 radical (unpaired) electrons. The van der Waals surface area contributed by atoms with Crippen molar-refractivity contribution in [1.82, 2.24) is 4.98 Å². The van der Waals surface area contributed by atoms with E-state index < -0.39 is 0 Å². The molecule has 1 unspecified atom stereocenters. The number of aromatic nitrogens is 1. The number of pyridine rings is 1. The first kappa shape index (κ1) is 12.5. The minimum atomic E-state index is 0.587. The van der Waals surface area contributed by atoms with E-state index in [2.05, 4.69) is 34.8 Å². The molecule has 0 aliphatic carbocycles. The highest BCUT2D eigenvalue weighted by Crippen LogP contribution is 2.25. The van der Waals surface area contributed by atoms with Gasteiger partial charge in [-0.25, -0.2) is 4.98 Å². The summed E-state index contributed by atoms with van der Waals surface area (Å²) in [5.41, 5.74) is 1.16. The molecule has 1 rings (SSSR count). The second kappa shape index (κ2) is 6.11. The molecule has 0 amide bonds. The fourth-order valence-corrected chi connectivity index (χ4v) is 1.76. The zero-order valence-corrected chi connectivity index (χ0v) is 11.2. The molecular formula is C12H18BrNO. The van der Waals surface area contributed by atoms with Crippen LogP contribution in [0.4, 0.5) is 0 Å². The van der Waals surface area contributed by atoms with E-state index in [1.54, 1.807) is 6.20 Å². The monoisotopic (exact) mass is 271 g/mol. The highest BCUT2D eigenvalue weighted by molar-refractivity contribution is 9.10. The van der Waals surface area contributed by atoms with E-state index in [1.165, 1.54) is 12.8 Å². The lowest BCUT2D eigenvalue weighted by Gasteiger charge is -2.12. The number of ether oxygens (including phenoxy) is 1. The lowest BCUT2D eigenvalue weighted by molar-refractivity contribution is 0.241. The van der Waals surface area contributed by atoms with Gasteiger partial charge in [0.1, 0.15) is 0 Å². The Labute approximate surface area is 100 Å². The van der Waals surface area contributed by atoms with Gasteiger partial charge >= 0.3 is 0 Å². The molecule has 2 nitrogen and oxygen atoms in total. The average molecular weight is 272 g/mol. The SMILES string of the molecule is CCCC(C)COc1nccc(C)c1Br. The summed E-state index contributed by atoms with van der Waals surface area (Å²) >= 11 is 3.48. The molecule has 3 heteroatoms. The molecule has 1 atom stereocenters. The predicted octanol–water partition coefficient (Wildman–Crippen LogP) is 3.97. The van der Waals surface area contributed by atoms with Crippen molar-refractivity contribution in [3.63, 3.8) is 0 Å². The Bertz CT molecular complexity index is 314. The highest BCUT2D eigenvalue weighted by Gasteiger charge is 2.07. The summed E-state index contributed by atoms with van der Waals surface area (Å²) in [6, 6.07) is 1.96. The molecule has 0 aromatic carbocycles. The second-order valence-electron chi connectivity index (χ2n) is 3.95. The zero-order chi connectivity index (χ0) is 11.3. The van der Waals surface area contributed by atoms with Crippen molar-refractivity contribution >= 4 is 15.9 Å². The van der Waals surface area contributed by atoms with Gasteiger partial charge < -0.3 is 4.74 Å². The smallest absolute Gasteiger partial charge is 0.228 e. The molecule has 1 heterocycles. The first-order valence-corrected chi connectivity index (χ1v) is 6.18. The molecule has 15 heavy (non-hydrogen) atoms. The molecular weight excluding hydrogens is 254 g/mol. The predicted molar refractivity (Wildman–Crippen MR) is 66.2 cm³/mol. The van der Waals surface area contributed by atoms with Gasteiger partial charge in [0.2, 0.25) is 5.88 Å². The van der Waals surface area contributed by atoms with Crippen LogP contribution in [0.3, 0.4) is 0 Å². The van der Waals surface area contributed by atoms with E-state index in [0.29, 0.717) is 11.8 Å². The Hall–Kier alpha value is -0.570. The van der Waals surface area contributed by atoms with Crippen LogP contribution in [-0.2, 0) is 0 Å². The van der Waals surface area contributed by atoms with Gasteiger partial charge in [0.25, 0.3) is 0 Å². The quantitative estimate of drug-likeness (QED) is 0.809. The van der Waals surface area contributed by atoms with Crippen molar-refractivity contribution < 1.29 is 4.74 Å². The van der Waals surface area contributed by atoms with E-state index in [1.807, 2.05) is 13.0 Å². The fraction of sp³-hybridized carbons (Fsp3) is 0.583. The van der Waals surface area contributed by atoms with Crippen molar-refractivity contribution in [2.75, 3.05) is 6.61 Å². The summed E-state index contributed by atoms with van der Waals surface area (Å²) in [6.45, 7) is 7.17. The van der Waals surface area contributed by atoms with Crippen molar-refractivity contribution in [3.05, 3.63) is 22.3 Å². The Morgan fingerprint density at radius 2 is 2.27 bits per heavy atom. The van der Waals surface area contributed by atoms with Crippen LogP contribution in [0, 0.1) is 12.8 Å². The van der Waals surface area contributed by atoms with E-state index in [9.17, 15) is 0 Å². The van der Waals surface area contributed by atoms with Crippen LogP contribution in [0.15, 0.2) is 16.7 Å². The number of aryl methyl sites for hydroxylation is 1. The first-order chi connectivity index (χ1) is 7.15. The van der Waals surface area contributed by atoms with Crippen molar-refractivity contribution in [1.29, 1.82) is 0 Å². The van der Waals surface area contributed by atoms with Gasteiger partial charge in [-0.3, -0.25) is 0 Å². The normalized spacial score (nSPS) is 12.5. The van der Waals surface area contributed by atoms with Gasteiger partial charge in [-0.1, -0.05) is 20.3 Å². The maximum Gasteiger partial charge on any atom is 0.228 e. The van der Waals surface area contributed by atoms with Crippen LogP contribution in [0.2, 0.25) is 0 Å². The molecule has 0 aliphatic heterocycles. The number of hydrogen-bond donors (Lipinski definition) is 0. The van der Waals surface area contributed by atoms with E-state index in [4.69, 9.17) is 4.74 Å². The standard InChI is InChI=1S/C12H18BrNO/c1-4-5-9(2)8-15-12-11(13)10(3)6-7-14-12/h6-7,9H,4-5,8H2,1-3H3. The lowest BCUT2D eigenvalue weighted by Crippen LogP contribution is -2.09. The van der Waals surface area contributed by atoms with Gasteiger partial charge in [0, 0.05) is 6.20 Å². The van der Waals surface area contributed by atoms with Crippen molar-refractivity contribution in [3.8, 4) is 5.88 Å². The molecule has 84 valence electrons. The van der Waals surface area contributed by atoms with Gasteiger partial charge in [0.15, 0.2) is 0 Å². The topological polar surface area (TPSA) is 22.1 Å². The number of hydrogen-bond acceptors (Lipinski definition) is 2. The number of rotatable bonds is 5.